The molecule has 2 amide bonds. The Balaban J connectivity index is 1.62. The van der Waals surface area contributed by atoms with Gasteiger partial charge in [0, 0.05) is 12.5 Å². The van der Waals surface area contributed by atoms with Gasteiger partial charge in [0.15, 0.2) is 0 Å². The molecule has 1 aliphatic carbocycles. The molecule has 0 aliphatic heterocycles. The SMILES string of the molecule is CC(C)CC(CNC(=O)C(CC(C)C)NC(=O)OCC1c2ccccc2-c2ccccc21)C(=O)O. The van der Waals surface area contributed by atoms with Crippen molar-refractivity contribution in [2.24, 2.45) is 17.8 Å². The third kappa shape index (κ3) is 6.84. The monoisotopic (exact) mass is 480 g/mol. The lowest BCUT2D eigenvalue weighted by Crippen LogP contribution is -2.49. The largest absolute Gasteiger partial charge is 0.481 e. The number of rotatable bonds is 11. The molecule has 0 bridgehead atoms. The van der Waals surface area contributed by atoms with Gasteiger partial charge in [-0.15, -0.1) is 0 Å². The van der Waals surface area contributed by atoms with Gasteiger partial charge in [0.2, 0.25) is 5.91 Å². The molecule has 0 heterocycles. The van der Waals surface area contributed by atoms with Gasteiger partial charge < -0.3 is 20.5 Å². The fraction of sp³-hybridized carbons (Fsp3) is 0.464. The van der Waals surface area contributed by atoms with Crippen molar-refractivity contribution in [3.63, 3.8) is 0 Å². The Kier molecular flexibility index (Phi) is 8.90. The van der Waals surface area contributed by atoms with E-state index >= 15 is 0 Å². The van der Waals surface area contributed by atoms with E-state index in [1.807, 2.05) is 64.1 Å². The molecule has 3 N–H and O–H groups in total. The van der Waals surface area contributed by atoms with Gasteiger partial charge >= 0.3 is 12.1 Å². The van der Waals surface area contributed by atoms with Gasteiger partial charge in [0.1, 0.15) is 12.6 Å². The number of carbonyl (C=O) groups is 3. The van der Waals surface area contributed by atoms with Crippen LogP contribution in [0.3, 0.4) is 0 Å². The first-order valence-corrected chi connectivity index (χ1v) is 12.3. The number of nitrogens with one attached hydrogen (secondary N) is 2. The number of ether oxygens (including phenoxy) is 1. The first-order chi connectivity index (χ1) is 16.7. The van der Waals surface area contributed by atoms with Crippen molar-refractivity contribution < 1.29 is 24.2 Å². The van der Waals surface area contributed by atoms with Crippen LogP contribution in [-0.2, 0) is 14.3 Å². The average molecular weight is 481 g/mol. The highest BCUT2D eigenvalue weighted by atomic mass is 16.5. The van der Waals surface area contributed by atoms with Crippen LogP contribution in [0.1, 0.15) is 57.6 Å². The first-order valence-electron chi connectivity index (χ1n) is 12.3. The van der Waals surface area contributed by atoms with Gasteiger partial charge in [-0.25, -0.2) is 4.79 Å². The molecule has 3 rings (SSSR count). The minimum atomic E-state index is -0.941. The molecule has 0 saturated heterocycles. The second-order valence-electron chi connectivity index (χ2n) is 10.1. The van der Waals surface area contributed by atoms with Crippen LogP contribution < -0.4 is 10.6 Å². The number of aliphatic carboxylic acids is 1. The second kappa shape index (κ2) is 11.9. The summed E-state index contributed by atoms with van der Waals surface area (Å²) in [5.41, 5.74) is 4.51. The third-order valence-corrected chi connectivity index (χ3v) is 6.29. The van der Waals surface area contributed by atoms with Gasteiger partial charge in [0.05, 0.1) is 5.92 Å². The Morgan fingerprint density at radius 2 is 1.43 bits per heavy atom. The molecule has 0 fully saturated rings. The number of carboxylic acid groups (broad SMARTS) is 1. The van der Waals surface area contributed by atoms with Crippen molar-refractivity contribution >= 4 is 18.0 Å². The van der Waals surface area contributed by atoms with E-state index in [-0.39, 0.29) is 30.9 Å². The maximum absolute atomic E-state index is 12.8. The maximum atomic E-state index is 12.8. The summed E-state index contributed by atoms with van der Waals surface area (Å²) in [6.07, 6.45) is 0.215. The predicted molar refractivity (Wildman–Crippen MR) is 135 cm³/mol. The highest BCUT2D eigenvalue weighted by molar-refractivity contribution is 5.86. The van der Waals surface area contributed by atoms with Crippen LogP contribution >= 0.6 is 0 Å². The van der Waals surface area contributed by atoms with Crippen LogP contribution in [0.2, 0.25) is 0 Å². The Hall–Kier alpha value is -3.35. The molecule has 0 aromatic heterocycles. The molecule has 0 radical (unpaired) electrons. The fourth-order valence-corrected chi connectivity index (χ4v) is 4.67. The summed E-state index contributed by atoms with van der Waals surface area (Å²) in [5, 5.41) is 14.8. The quantitative estimate of drug-likeness (QED) is 0.428. The number of benzene rings is 2. The van der Waals surface area contributed by atoms with Crippen molar-refractivity contribution in [2.45, 2.75) is 52.5 Å². The van der Waals surface area contributed by atoms with Crippen LogP contribution in [-0.4, -0.2) is 42.3 Å². The minimum Gasteiger partial charge on any atom is -0.481 e. The number of hydrogen-bond acceptors (Lipinski definition) is 4. The zero-order chi connectivity index (χ0) is 25.5. The molecule has 7 heteroatoms. The number of hydrogen-bond donors (Lipinski definition) is 3. The normalized spacial score (nSPS) is 14.2. The lowest BCUT2D eigenvalue weighted by atomic mass is 9.97. The summed E-state index contributed by atoms with van der Waals surface area (Å²) in [6, 6.07) is 15.4. The predicted octanol–water partition coefficient (Wildman–Crippen LogP) is 4.80. The van der Waals surface area contributed by atoms with E-state index in [0.29, 0.717) is 12.8 Å². The van der Waals surface area contributed by atoms with Crippen LogP contribution in [0.25, 0.3) is 11.1 Å². The molecule has 188 valence electrons. The number of carbonyl (C=O) groups excluding carboxylic acids is 2. The van der Waals surface area contributed by atoms with Crippen LogP contribution in [0, 0.1) is 17.8 Å². The van der Waals surface area contributed by atoms with Crippen molar-refractivity contribution in [1.29, 1.82) is 0 Å². The Bertz CT molecular complexity index is 1000. The van der Waals surface area contributed by atoms with E-state index in [9.17, 15) is 19.5 Å². The number of carboxylic acids is 1. The molecule has 0 saturated carbocycles. The van der Waals surface area contributed by atoms with E-state index in [1.54, 1.807) is 0 Å². The topological polar surface area (TPSA) is 105 Å². The zero-order valence-corrected chi connectivity index (χ0v) is 20.9. The lowest BCUT2D eigenvalue weighted by molar-refractivity contribution is -0.142. The first kappa shape index (κ1) is 26.3. The van der Waals surface area contributed by atoms with Crippen LogP contribution in [0.15, 0.2) is 48.5 Å². The van der Waals surface area contributed by atoms with Gasteiger partial charge in [-0.3, -0.25) is 9.59 Å². The standard InChI is InChI=1S/C28H36N2O5/c1-17(2)13-19(27(32)33)15-29-26(31)25(14-18(3)4)30-28(34)35-16-24-22-11-7-5-9-20(22)21-10-6-8-12-23(21)24/h5-12,17-19,24-25H,13-16H2,1-4H3,(H,29,31)(H,30,34)(H,32,33). The molecule has 2 atom stereocenters. The third-order valence-electron chi connectivity index (χ3n) is 6.29. The highest BCUT2D eigenvalue weighted by Gasteiger charge is 2.30. The molecule has 1 aliphatic rings. The van der Waals surface area contributed by atoms with Gasteiger partial charge in [-0.05, 0) is 46.9 Å². The smallest absolute Gasteiger partial charge is 0.407 e. The van der Waals surface area contributed by atoms with Crippen molar-refractivity contribution in [3.8, 4) is 11.1 Å². The van der Waals surface area contributed by atoms with Crippen molar-refractivity contribution in [3.05, 3.63) is 59.7 Å². The molecule has 35 heavy (non-hydrogen) atoms. The van der Waals surface area contributed by atoms with Gasteiger partial charge in [-0.1, -0.05) is 76.2 Å². The van der Waals surface area contributed by atoms with E-state index < -0.39 is 29.9 Å². The van der Waals surface area contributed by atoms with E-state index in [0.717, 1.165) is 22.3 Å². The fourth-order valence-electron chi connectivity index (χ4n) is 4.67. The second-order valence-corrected chi connectivity index (χ2v) is 10.1. The van der Waals surface area contributed by atoms with Gasteiger partial charge in [-0.2, -0.15) is 0 Å². The molecule has 2 unspecified atom stereocenters. The van der Waals surface area contributed by atoms with E-state index in [4.69, 9.17) is 4.74 Å². The van der Waals surface area contributed by atoms with Crippen LogP contribution in [0.4, 0.5) is 4.79 Å². The summed E-state index contributed by atoms with van der Waals surface area (Å²) in [5.74, 6) is -1.75. The molecular formula is C28H36N2O5. The number of alkyl carbamates (subject to hydrolysis) is 1. The summed E-state index contributed by atoms with van der Waals surface area (Å²) >= 11 is 0. The maximum Gasteiger partial charge on any atom is 0.407 e. The van der Waals surface area contributed by atoms with E-state index in [1.165, 1.54) is 0 Å². The Morgan fingerprint density at radius 3 is 1.94 bits per heavy atom. The van der Waals surface area contributed by atoms with Crippen molar-refractivity contribution in [2.75, 3.05) is 13.2 Å². The molecule has 2 aromatic carbocycles. The zero-order valence-electron chi connectivity index (χ0n) is 20.9. The Morgan fingerprint density at radius 1 is 0.886 bits per heavy atom. The molecular weight excluding hydrogens is 444 g/mol. The lowest BCUT2D eigenvalue weighted by Gasteiger charge is -2.22. The van der Waals surface area contributed by atoms with Crippen molar-refractivity contribution in [1.82, 2.24) is 10.6 Å². The van der Waals surface area contributed by atoms with E-state index in [2.05, 4.69) is 22.8 Å². The number of fused-ring (bicyclic) bond motifs is 3. The summed E-state index contributed by atoms with van der Waals surface area (Å²) in [7, 11) is 0. The Labute approximate surface area is 207 Å². The molecule has 2 aromatic rings. The number of amides is 2. The minimum absolute atomic E-state index is 0.0211. The summed E-state index contributed by atoms with van der Waals surface area (Å²) in [4.78, 5) is 37.1. The molecule has 0 spiro atoms. The van der Waals surface area contributed by atoms with Gasteiger partial charge in [0.25, 0.3) is 0 Å². The summed E-state index contributed by atoms with van der Waals surface area (Å²) < 4.78 is 5.59. The average Bonchev–Trinajstić information content (AvgIpc) is 3.13. The van der Waals surface area contributed by atoms with Crippen LogP contribution in [0.5, 0.6) is 0 Å². The summed E-state index contributed by atoms with van der Waals surface area (Å²) in [6.45, 7) is 7.98. The molecule has 7 nitrogen and oxygen atoms in total. The highest BCUT2D eigenvalue weighted by Crippen LogP contribution is 2.44.